The fraction of sp³-hybridized carbons (Fsp3) is 0.278. The molecule has 3 rings (SSSR count). The molecule has 1 aliphatic rings. The van der Waals surface area contributed by atoms with Gasteiger partial charge in [-0.05, 0) is 43.2 Å². The van der Waals surface area contributed by atoms with Gasteiger partial charge < -0.3 is 14.6 Å². The molecule has 138 valence electrons. The fourth-order valence-corrected chi connectivity index (χ4v) is 3.62. The number of sulfonamides is 1. The van der Waals surface area contributed by atoms with Crippen LogP contribution < -0.4 is 14.2 Å². The maximum absolute atomic E-state index is 12.3. The Kier molecular flexibility index (Phi) is 5.26. The van der Waals surface area contributed by atoms with Gasteiger partial charge in [0.05, 0.1) is 11.0 Å². The van der Waals surface area contributed by atoms with Gasteiger partial charge in [0.1, 0.15) is 0 Å². The summed E-state index contributed by atoms with van der Waals surface area (Å²) >= 11 is 0. The molecule has 7 nitrogen and oxygen atoms in total. The summed E-state index contributed by atoms with van der Waals surface area (Å²) in [5.74, 6) is 1.05. The van der Waals surface area contributed by atoms with Crippen LogP contribution in [0.2, 0.25) is 0 Å². The molecule has 26 heavy (non-hydrogen) atoms. The molecule has 0 aliphatic carbocycles. The highest BCUT2D eigenvalue weighted by Crippen LogP contribution is 2.34. The van der Waals surface area contributed by atoms with Crippen LogP contribution in [-0.2, 0) is 10.0 Å². The highest BCUT2D eigenvalue weighted by Gasteiger charge is 2.18. The third kappa shape index (κ3) is 4.04. The molecular weight excluding hydrogens is 358 g/mol. The van der Waals surface area contributed by atoms with Gasteiger partial charge in [0.2, 0.25) is 16.8 Å². The van der Waals surface area contributed by atoms with E-state index < -0.39 is 16.1 Å². The van der Waals surface area contributed by atoms with Gasteiger partial charge in [-0.1, -0.05) is 18.2 Å². The largest absolute Gasteiger partial charge is 0.454 e. The first-order valence-corrected chi connectivity index (χ1v) is 9.53. The Morgan fingerprint density at radius 3 is 2.54 bits per heavy atom. The molecule has 2 aromatic rings. The number of rotatable bonds is 7. The van der Waals surface area contributed by atoms with Gasteiger partial charge in [-0.2, -0.15) is 0 Å². The fourth-order valence-electron chi connectivity index (χ4n) is 2.57. The maximum Gasteiger partial charge on any atom is 0.240 e. The van der Waals surface area contributed by atoms with E-state index in [9.17, 15) is 18.3 Å². The van der Waals surface area contributed by atoms with Crippen molar-refractivity contribution in [1.82, 2.24) is 4.72 Å². The van der Waals surface area contributed by atoms with E-state index in [0.717, 1.165) is 0 Å². The number of ether oxygens (including phenoxy) is 2. The van der Waals surface area contributed by atoms with Gasteiger partial charge in [0.25, 0.3) is 0 Å². The van der Waals surface area contributed by atoms with Crippen molar-refractivity contribution in [1.29, 1.82) is 0 Å². The number of carbonyl (C=O) groups is 1. The van der Waals surface area contributed by atoms with Crippen LogP contribution in [0, 0.1) is 0 Å². The highest BCUT2D eigenvalue weighted by molar-refractivity contribution is 7.89. The van der Waals surface area contributed by atoms with E-state index in [0.29, 0.717) is 22.6 Å². The van der Waals surface area contributed by atoms with Gasteiger partial charge in [-0.15, -0.1) is 0 Å². The second kappa shape index (κ2) is 7.45. The molecule has 1 unspecified atom stereocenters. The van der Waals surface area contributed by atoms with E-state index in [1.165, 1.54) is 31.2 Å². The van der Waals surface area contributed by atoms with Crippen LogP contribution in [-0.4, -0.2) is 32.6 Å². The second-order valence-corrected chi connectivity index (χ2v) is 7.66. The van der Waals surface area contributed by atoms with Crippen molar-refractivity contribution in [2.75, 3.05) is 13.3 Å². The average Bonchev–Trinajstić information content (AvgIpc) is 3.09. The minimum absolute atomic E-state index is 0.0619. The summed E-state index contributed by atoms with van der Waals surface area (Å²) in [7, 11) is -3.71. The summed E-state index contributed by atoms with van der Waals surface area (Å²) in [6.45, 7) is 1.63. The number of hydrogen-bond acceptors (Lipinski definition) is 6. The van der Waals surface area contributed by atoms with Crippen molar-refractivity contribution in [3.8, 4) is 11.5 Å². The average molecular weight is 377 g/mol. The zero-order valence-corrected chi connectivity index (χ0v) is 15.0. The molecule has 2 N–H and O–H groups in total. The predicted molar refractivity (Wildman–Crippen MR) is 93.8 cm³/mol. The molecule has 2 aromatic carbocycles. The first kappa shape index (κ1) is 18.4. The van der Waals surface area contributed by atoms with Gasteiger partial charge in [0.15, 0.2) is 17.3 Å². The van der Waals surface area contributed by atoms with E-state index >= 15 is 0 Å². The lowest BCUT2D eigenvalue weighted by atomic mass is 10.1. The third-order valence-electron chi connectivity index (χ3n) is 4.06. The van der Waals surface area contributed by atoms with Gasteiger partial charge in [-0.3, -0.25) is 4.79 Å². The molecule has 0 saturated heterocycles. The number of fused-ring (bicyclic) bond motifs is 1. The second-order valence-electron chi connectivity index (χ2n) is 5.90. The van der Waals surface area contributed by atoms with E-state index in [4.69, 9.17) is 9.47 Å². The number of nitrogens with one attached hydrogen (secondary N) is 1. The summed E-state index contributed by atoms with van der Waals surface area (Å²) in [5.41, 5.74) is 1.07. The van der Waals surface area contributed by atoms with Crippen LogP contribution >= 0.6 is 0 Å². The quantitative estimate of drug-likeness (QED) is 0.716. The molecule has 0 fully saturated rings. The first-order chi connectivity index (χ1) is 12.4. The summed E-state index contributed by atoms with van der Waals surface area (Å²) < 4.78 is 37.5. The van der Waals surface area contributed by atoms with E-state index in [2.05, 4.69) is 4.72 Å². The SMILES string of the molecule is CC(=O)c1ccc(S(=O)(=O)NCCC(O)c2ccc3c(c2)OCO3)cc1. The molecule has 0 amide bonds. The zero-order chi connectivity index (χ0) is 18.7. The monoisotopic (exact) mass is 377 g/mol. The molecule has 1 aliphatic heterocycles. The molecular formula is C18H19NO6S. The summed E-state index contributed by atoms with van der Waals surface area (Å²) in [4.78, 5) is 11.3. The predicted octanol–water partition coefficient (Wildman–Crippen LogP) is 2.02. The highest BCUT2D eigenvalue weighted by atomic mass is 32.2. The number of hydrogen-bond donors (Lipinski definition) is 2. The topological polar surface area (TPSA) is 102 Å². The van der Waals surface area contributed by atoms with Crippen LogP contribution in [0.1, 0.15) is 35.4 Å². The summed E-state index contributed by atoms with van der Waals surface area (Å²) in [6.07, 6.45) is -0.642. The molecule has 8 heteroatoms. The smallest absolute Gasteiger partial charge is 0.240 e. The van der Waals surface area contributed by atoms with Crippen molar-refractivity contribution >= 4 is 15.8 Å². The van der Waals surface area contributed by atoms with E-state index in [-0.39, 0.29) is 30.4 Å². The molecule has 0 radical (unpaired) electrons. The third-order valence-corrected chi connectivity index (χ3v) is 5.54. The Morgan fingerprint density at radius 1 is 1.15 bits per heavy atom. The van der Waals surface area contributed by atoms with Crippen molar-refractivity contribution in [3.63, 3.8) is 0 Å². The lowest BCUT2D eigenvalue weighted by molar-refractivity contribution is 0.101. The van der Waals surface area contributed by atoms with Crippen LogP contribution in [0.3, 0.4) is 0 Å². The van der Waals surface area contributed by atoms with Crippen molar-refractivity contribution in [3.05, 3.63) is 53.6 Å². The van der Waals surface area contributed by atoms with E-state index in [1.54, 1.807) is 18.2 Å². The van der Waals surface area contributed by atoms with Crippen LogP contribution in [0.15, 0.2) is 47.4 Å². The summed E-state index contributed by atoms with van der Waals surface area (Å²) in [6, 6.07) is 10.8. The number of ketones is 1. The number of benzene rings is 2. The zero-order valence-electron chi connectivity index (χ0n) is 14.1. The van der Waals surface area contributed by atoms with Gasteiger partial charge >= 0.3 is 0 Å². The molecule has 0 aromatic heterocycles. The minimum atomic E-state index is -3.71. The normalized spacial score (nSPS) is 14.2. The molecule has 0 bridgehead atoms. The number of carbonyl (C=O) groups excluding carboxylic acids is 1. The van der Waals surface area contributed by atoms with Crippen LogP contribution in [0.25, 0.3) is 0 Å². The van der Waals surface area contributed by atoms with Crippen LogP contribution in [0.4, 0.5) is 0 Å². The number of aliphatic hydroxyl groups excluding tert-OH is 1. The lowest BCUT2D eigenvalue weighted by Crippen LogP contribution is -2.26. The van der Waals surface area contributed by atoms with Crippen molar-refractivity contribution in [2.24, 2.45) is 0 Å². The number of Topliss-reactive ketones (excluding diaryl/α,β-unsaturated/α-hetero) is 1. The lowest BCUT2D eigenvalue weighted by Gasteiger charge is -2.13. The maximum atomic E-state index is 12.3. The Balaban J connectivity index is 1.58. The Hall–Kier alpha value is -2.42. The Morgan fingerprint density at radius 2 is 1.85 bits per heavy atom. The van der Waals surface area contributed by atoms with Gasteiger partial charge in [-0.25, -0.2) is 13.1 Å². The first-order valence-electron chi connectivity index (χ1n) is 8.05. The van der Waals surface area contributed by atoms with Crippen molar-refractivity contribution in [2.45, 2.75) is 24.3 Å². The number of aliphatic hydroxyl groups is 1. The Bertz CT molecular complexity index is 908. The molecule has 1 heterocycles. The minimum Gasteiger partial charge on any atom is -0.454 e. The summed E-state index contributed by atoms with van der Waals surface area (Å²) in [5, 5.41) is 10.2. The molecule has 1 atom stereocenters. The van der Waals surface area contributed by atoms with Crippen LogP contribution in [0.5, 0.6) is 11.5 Å². The van der Waals surface area contributed by atoms with Gasteiger partial charge in [0, 0.05) is 12.1 Å². The molecule has 0 spiro atoms. The van der Waals surface area contributed by atoms with Crippen molar-refractivity contribution < 1.29 is 27.8 Å². The van der Waals surface area contributed by atoms with E-state index in [1.807, 2.05) is 0 Å². The standard InChI is InChI=1S/C18H19NO6S/c1-12(20)13-2-5-15(6-3-13)26(22,23)19-9-8-16(21)14-4-7-17-18(10-14)25-11-24-17/h2-7,10,16,19,21H,8-9,11H2,1H3. The molecule has 0 saturated carbocycles. The Labute approximate surface area is 151 Å².